The number of alkyl halides is 3. The number of benzene rings is 1. The van der Waals surface area contributed by atoms with Crippen LogP contribution in [0.3, 0.4) is 0 Å². The molecule has 1 aromatic rings. The number of halogens is 3. The van der Waals surface area contributed by atoms with Gasteiger partial charge in [-0.1, -0.05) is 19.9 Å². The summed E-state index contributed by atoms with van der Waals surface area (Å²) in [6.07, 6.45) is -4.17. The molecule has 7 nitrogen and oxygen atoms in total. The summed E-state index contributed by atoms with van der Waals surface area (Å²) in [7, 11) is 0. The minimum Gasteiger partial charge on any atom is -0.444 e. The Labute approximate surface area is 220 Å². The minimum absolute atomic E-state index is 0.111. The van der Waals surface area contributed by atoms with Crippen LogP contribution in [0, 0.1) is 17.8 Å². The molecule has 3 rings (SSSR count). The largest absolute Gasteiger partial charge is 0.444 e. The number of nitrogens with one attached hydrogen (secondary N) is 2. The summed E-state index contributed by atoms with van der Waals surface area (Å²) in [5.74, 6) is 0.285. The van der Waals surface area contributed by atoms with Crippen molar-refractivity contribution < 1.29 is 32.3 Å². The van der Waals surface area contributed by atoms with Gasteiger partial charge in [0.2, 0.25) is 5.91 Å². The van der Waals surface area contributed by atoms with Gasteiger partial charge in [0.1, 0.15) is 5.60 Å². The molecular formula is C26H36F3N3O4S. The van der Waals surface area contributed by atoms with E-state index in [1.165, 1.54) is 6.07 Å². The van der Waals surface area contributed by atoms with Gasteiger partial charge >= 0.3 is 12.3 Å². The van der Waals surface area contributed by atoms with E-state index >= 15 is 0 Å². The first kappa shape index (κ1) is 29.1. The molecule has 1 aliphatic carbocycles. The molecule has 1 aliphatic heterocycles. The number of fused-ring (bicyclic) bond motifs is 1. The fourth-order valence-corrected chi connectivity index (χ4v) is 6.06. The van der Waals surface area contributed by atoms with Crippen LogP contribution >= 0.6 is 11.8 Å². The number of likely N-dealkylation sites (tertiary alicyclic amines) is 1. The fourth-order valence-electron chi connectivity index (χ4n) is 4.97. The van der Waals surface area contributed by atoms with E-state index in [0.717, 1.165) is 24.0 Å². The van der Waals surface area contributed by atoms with E-state index in [9.17, 15) is 27.6 Å². The first-order chi connectivity index (χ1) is 17.1. The lowest BCUT2D eigenvalue weighted by Crippen LogP contribution is -2.46. The molecule has 4 unspecified atom stereocenters. The Morgan fingerprint density at radius 2 is 1.86 bits per heavy atom. The van der Waals surface area contributed by atoms with Crippen LogP contribution in [0.25, 0.3) is 0 Å². The molecule has 0 aromatic heterocycles. The number of hydrogen-bond donors (Lipinski definition) is 2. The van der Waals surface area contributed by atoms with Crippen molar-refractivity contribution in [3.05, 3.63) is 35.4 Å². The van der Waals surface area contributed by atoms with E-state index in [1.807, 2.05) is 20.8 Å². The summed E-state index contributed by atoms with van der Waals surface area (Å²) >= 11 is 1.80. The van der Waals surface area contributed by atoms with Crippen molar-refractivity contribution in [3.8, 4) is 0 Å². The summed E-state index contributed by atoms with van der Waals surface area (Å²) in [5, 5.41) is 5.85. The normalized spacial score (nSPS) is 23.6. The van der Waals surface area contributed by atoms with Crippen LogP contribution in [-0.4, -0.2) is 65.1 Å². The molecule has 0 radical (unpaired) electrons. The van der Waals surface area contributed by atoms with Gasteiger partial charge in [0, 0.05) is 24.7 Å². The van der Waals surface area contributed by atoms with Gasteiger partial charge in [-0.15, -0.1) is 0 Å². The summed E-state index contributed by atoms with van der Waals surface area (Å²) in [4.78, 5) is 39.4. The lowest BCUT2D eigenvalue weighted by Gasteiger charge is -2.28. The maximum absolute atomic E-state index is 12.9. The number of ether oxygens (including phenoxy) is 1. The molecule has 2 fully saturated rings. The van der Waals surface area contributed by atoms with E-state index in [-0.39, 0.29) is 42.0 Å². The van der Waals surface area contributed by atoms with Crippen LogP contribution in [-0.2, 0) is 15.7 Å². The lowest BCUT2D eigenvalue weighted by atomic mass is 9.93. The molecular weight excluding hydrogens is 507 g/mol. The lowest BCUT2D eigenvalue weighted by molar-refractivity contribution is -0.137. The number of nitrogens with zero attached hydrogens (tertiary/aromatic N) is 1. The van der Waals surface area contributed by atoms with Gasteiger partial charge in [0.25, 0.3) is 5.91 Å². The molecule has 0 bridgehead atoms. The van der Waals surface area contributed by atoms with Gasteiger partial charge in [0.05, 0.1) is 12.1 Å². The zero-order valence-corrected chi connectivity index (χ0v) is 22.7. The molecule has 206 valence electrons. The molecule has 2 aliphatic rings. The number of carbonyl (C=O) groups is 3. The van der Waals surface area contributed by atoms with Crippen molar-refractivity contribution in [2.75, 3.05) is 25.4 Å². The van der Waals surface area contributed by atoms with Gasteiger partial charge in [-0.3, -0.25) is 9.59 Å². The van der Waals surface area contributed by atoms with Crippen molar-refractivity contribution in [1.82, 2.24) is 15.5 Å². The zero-order chi connectivity index (χ0) is 27.5. The van der Waals surface area contributed by atoms with Crippen LogP contribution in [0.4, 0.5) is 18.0 Å². The second-order valence-corrected chi connectivity index (χ2v) is 12.6. The number of rotatable bonds is 7. The van der Waals surface area contributed by atoms with Crippen LogP contribution in [0.2, 0.25) is 0 Å². The number of carbonyl (C=O) groups excluding carboxylic acids is 3. The maximum atomic E-state index is 12.9. The highest BCUT2D eigenvalue weighted by Crippen LogP contribution is 2.44. The highest BCUT2D eigenvalue weighted by Gasteiger charge is 2.49. The van der Waals surface area contributed by atoms with Gasteiger partial charge in [-0.05, 0) is 74.1 Å². The molecule has 4 atom stereocenters. The topological polar surface area (TPSA) is 87.7 Å². The summed E-state index contributed by atoms with van der Waals surface area (Å²) in [5.41, 5.74) is -1.66. The Hall–Kier alpha value is -2.43. The fraction of sp³-hybridized carbons (Fsp3) is 0.654. The Bertz CT molecular complexity index is 996. The molecule has 37 heavy (non-hydrogen) atoms. The molecule has 2 N–H and O–H groups in total. The maximum Gasteiger partial charge on any atom is 0.416 e. The second-order valence-electron chi connectivity index (χ2n) is 11.0. The van der Waals surface area contributed by atoms with Crippen LogP contribution in [0.5, 0.6) is 0 Å². The van der Waals surface area contributed by atoms with Crippen molar-refractivity contribution in [1.29, 1.82) is 0 Å². The van der Waals surface area contributed by atoms with Gasteiger partial charge in [0.15, 0.2) is 0 Å². The summed E-state index contributed by atoms with van der Waals surface area (Å²) in [6, 6.07) is 3.98. The van der Waals surface area contributed by atoms with Crippen molar-refractivity contribution in [2.24, 2.45) is 17.8 Å². The number of thioether (sulfide) groups is 1. The monoisotopic (exact) mass is 543 g/mol. The highest BCUT2D eigenvalue weighted by atomic mass is 32.2. The van der Waals surface area contributed by atoms with Crippen molar-refractivity contribution in [2.45, 2.75) is 64.1 Å². The predicted molar refractivity (Wildman–Crippen MR) is 136 cm³/mol. The average molecular weight is 544 g/mol. The van der Waals surface area contributed by atoms with Gasteiger partial charge in [-0.25, -0.2) is 4.79 Å². The SMILES string of the molecule is CC(C)SCC1C(NC(=O)CNC(=O)c2cccc(C(F)(F)F)c2)CC2CN(C(=O)OC(C)(C)C)CC21. The molecule has 0 spiro atoms. The molecule has 1 aromatic carbocycles. The third-order valence-corrected chi connectivity index (χ3v) is 7.84. The smallest absolute Gasteiger partial charge is 0.416 e. The second kappa shape index (κ2) is 11.5. The predicted octanol–water partition coefficient (Wildman–Crippen LogP) is 4.56. The molecule has 11 heteroatoms. The van der Waals surface area contributed by atoms with E-state index in [0.29, 0.717) is 24.8 Å². The molecule has 1 saturated heterocycles. The minimum atomic E-state index is -4.56. The average Bonchev–Trinajstić information content (AvgIpc) is 3.32. The van der Waals surface area contributed by atoms with E-state index in [2.05, 4.69) is 24.5 Å². The Morgan fingerprint density at radius 1 is 1.16 bits per heavy atom. The first-order valence-electron chi connectivity index (χ1n) is 12.5. The summed E-state index contributed by atoms with van der Waals surface area (Å²) in [6.45, 7) is 10.5. The molecule has 1 saturated carbocycles. The van der Waals surface area contributed by atoms with E-state index < -0.39 is 29.2 Å². The van der Waals surface area contributed by atoms with Crippen molar-refractivity contribution in [3.63, 3.8) is 0 Å². The van der Waals surface area contributed by atoms with Crippen molar-refractivity contribution >= 4 is 29.7 Å². The van der Waals surface area contributed by atoms with Gasteiger partial charge in [-0.2, -0.15) is 24.9 Å². The zero-order valence-electron chi connectivity index (χ0n) is 21.9. The third-order valence-electron chi connectivity index (χ3n) is 6.60. The summed E-state index contributed by atoms with van der Waals surface area (Å²) < 4.78 is 44.3. The van der Waals surface area contributed by atoms with E-state index in [4.69, 9.17) is 4.74 Å². The van der Waals surface area contributed by atoms with Gasteiger partial charge < -0.3 is 20.3 Å². The molecule has 3 amide bonds. The van der Waals surface area contributed by atoms with Crippen LogP contribution in [0.15, 0.2) is 24.3 Å². The Balaban J connectivity index is 1.58. The highest BCUT2D eigenvalue weighted by molar-refractivity contribution is 7.99. The van der Waals surface area contributed by atoms with Crippen LogP contribution in [0.1, 0.15) is 57.0 Å². The first-order valence-corrected chi connectivity index (χ1v) is 13.5. The van der Waals surface area contributed by atoms with Crippen LogP contribution < -0.4 is 10.6 Å². The standard InChI is InChI=1S/C26H36F3N3O4S/c1-15(2)37-14-20-19-13-32(24(35)36-25(3,4)5)12-17(19)10-21(20)31-22(33)11-30-23(34)16-7-6-8-18(9-16)26(27,28)29/h6-9,15,17,19-21H,10-14H2,1-5H3,(H,30,34)(H,31,33). The quantitative estimate of drug-likeness (QED) is 0.526. The number of amides is 3. The number of hydrogen-bond acceptors (Lipinski definition) is 5. The van der Waals surface area contributed by atoms with E-state index in [1.54, 1.807) is 16.7 Å². The Morgan fingerprint density at radius 3 is 2.49 bits per heavy atom. The Kier molecular flexibility index (Phi) is 9.08. The molecule has 1 heterocycles. The third kappa shape index (κ3) is 8.02.